The van der Waals surface area contributed by atoms with E-state index in [-0.39, 0.29) is 18.4 Å². The summed E-state index contributed by atoms with van der Waals surface area (Å²) in [5.41, 5.74) is 0.270. The summed E-state index contributed by atoms with van der Waals surface area (Å²) in [4.78, 5) is 12.0. The van der Waals surface area contributed by atoms with Crippen LogP contribution < -0.4 is 5.32 Å². The summed E-state index contributed by atoms with van der Waals surface area (Å²) in [6, 6.07) is 7.78. The molecule has 2 rings (SSSR count). The fourth-order valence-corrected chi connectivity index (χ4v) is 3.33. The summed E-state index contributed by atoms with van der Waals surface area (Å²) in [6.45, 7) is 1.96. The van der Waals surface area contributed by atoms with E-state index >= 15 is 0 Å². The van der Waals surface area contributed by atoms with Crippen molar-refractivity contribution in [2.45, 2.75) is 50.7 Å². The van der Waals surface area contributed by atoms with Gasteiger partial charge in [0.25, 0.3) is 0 Å². The van der Waals surface area contributed by atoms with Crippen LogP contribution in [-0.2, 0) is 4.79 Å². The highest BCUT2D eigenvalue weighted by Gasteiger charge is 2.33. The van der Waals surface area contributed by atoms with Crippen LogP contribution >= 0.6 is 15.9 Å². The van der Waals surface area contributed by atoms with Gasteiger partial charge in [0.15, 0.2) is 0 Å². The third kappa shape index (κ3) is 3.80. The number of hydrogen-bond donors (Lipinski definition) is 2. The molecule has 0 bridgehead atoms. The van der Waals surface area contributed by atoms with Gasteiger partial charge in [-0.1, -0.05) is 47.0 Å². The van der Waals surface area contributed by atoms with Gasteiger partial charge in [0.05, 0.1) is 18.1 Å². The van der Waals surface area contributed by atoms with Crippen molar-refractivity contribution < 1.29 is 9.90 Å². The number of nitrogens with one attached hydrogen (secondary N) is 1. The minimum atomic E-state index is -0.780. The number of hydrogen-bond acceptors (Lipinski definition) is 2. The van der Waals surface area contributed by atoms with Gasteiger partial charge < -0.3 is 10.4 Å². The topological polar surface area (TPSA) is 49.3 Å². The molecule has 0 spiro atoms. The number of rotatable bonds is 4. The predicted octanol–water partition coefficient (Wildman–Crippen LogP) is 3.32. The summed E-state index contributed by atoms with van der Waals surface area (Å²) in [5, 5.41) is 13.2. The van der Waals surface area contributed by atoms with Crippen molar-refractivity contribution in [3.63, 3.8) is 0 Å². The first-order valence-corrected chi connectivity index (χ1v) is 7.56. The molecule has 0 saturated heterocycles. The average Bonchev–Trinajstić information content (AvgIpc) is 2.75. The van der Waals surface area contributed by atoms with Crippen LogP contribution in [0.5, 0.6) is 0 Å². The van der Waals surface area contributed by atoms with Crippen molar-refractivity contribution in [2.75, 3.05) is 0 Å². The van der Waals surface area contributed by atoms with Crippen LogP contribution in [0.2, 0.25) is 0 Å². The molecular weight excluding hydrogens is 306 g/mol. The van der Waals surface area contributed by atoms with E-state index in [1.165, 1.54) is 0 Å². The van der Waals surface area contributed by atoms with E-state index in [1.807, 2.05) is 31.2 Å². The second-order valence-electron chi connectivity index (χ2n) is 5.42. The molecule has 19 heavy (non-hydrogen) atoms. The molecule has 1 fully saturated rings. The molecule has 2 N–H and O–H groups in total. The Labute approximate surface area is 122 Å². The van der Waals surface area contributed by atoms with Crippen molar-refractivity contribution in [3.05, 3.63) is 34.3 Å². The van der Waals surface area contributed by atoms with Gasteiger partial charge in [-0.2, -0.15) is 0 Å². The van der Waals surface area contributed by atoms with Crippen LogP contribution in [0.1, 0.15) is 50.6 Å². The summed E-state index contributed by atoms with van der Waals surface area (Å²) in [6.07, 6.45) is 3.72. The lowest BCUT2D eigenvalue weighted by molar-refractivity contribution is -0.126. The molecule has 3 nitrogen and oxygen atoms in total. The maximum atomic E-state index is 12.0. The fourth-order valence-electron chi connectivity index (χ4n) is 2.71. The van der Waals surface area contributed by atoms with Crippen LogP contribution in [0.3, 0.4) is 0 Å². The van der Waals surface area contributed by atoms with Crippen molar-refractivity contribution in [2.24, 2.45) is 0 Å². The van der Waals surface area contributed by atoms with Crippen molar-refractivity contribution in [1.29, 1.82) is 0 Å². The fraction of sp³-hybridized carbons (Fsp3) is 0.533. The van der Waals surface area contributed by atoms with Crippen LogP contribution in [0, 0.1) is 0 Å². The Hall–Kier alpha value is -0.870. The van der Waals surface area contributed by atoms with E-state index in [1.54, 1.807) is 0 Å². The largest absolute Gasteiger partial charge is 0.389 e. The summed E-state index contributed by atoms with van der Waals surface area (Å²) >= 11 is 3.48. The van der Waals surface area contributed by atoms with E-state index in [9.17, 15) is 9.90 Å². The molecule has 1 unspecified atom stereocenters. The highest BCUT2D eigenvalue weighted by atomic mass is 79.9. The zero-order valence-corrected chi connectivity index (χ0v) is 12.7. The number of benzene rings is 1. The molecule has 1 atom stereocenters. The molecule has 1 saturated carbocycles. The Morgan fingerprint density at radius 3 is 2.68 bits per heavy atom. The molecule has 0 radical (unpaired) electrons. The lowest BCUT2D eigenvalue weighted by Gasteiger charge is -2.23. The first kappa shape index (κ1) is 14.5. The Morgan fingerprint density at radius 2 is 2.05 bits per heavy atom. The SMILES string of the molecule is CC(NC(=O)CC1(O)CCCC1)c1ccccc1Br. The van der Waals surface area contributed by atoms with Gasteiger partial charge >= 0.3 is 0 Å². The maximum Gasteiger partial charge on any atom is 0.223 e. The Kier molecular flexibility index (Phi) is 4.63. The Morgan fingerprint density at radius 1 is 1.42 bits per heavy atom. The van der Waals surface area contributed by atoms with Crippen molar-refractivity contribution >= 4 is 21.8 Å². The molecule has 1 aliphatic rings. The number of carbonyl (C=O) groups is 1. The molecular formula is C15H20BrNO2. The molecule has 4 heteroatoms. The van der Waals surface area contributed by atoms with Crippen LogP contribution in [0.4, 0.5) is 0 Å². The Balaban J connectivity index is 1.94. The average molecular weight is 326 g/mol. The molecule has 0 heterocycles. The first-order valence-electron chi connectivity index (χ1n) is 6.76. The molecule has 0 aliphatic heterocycles. The van der Waals surface area contributed by atoms with Gasteiger partial charge in [-0.05, 0) is 31.4 Å². The molecule has 1 amide bonds. The third-order valence-electron chi connectivity index (χ3n) is 3.77. The highest BCUT2D eigenvalue weighted by Crippen LogP contribution is 2.32. The van der Waals surface area contributed by atoms with Crippen LogP contribution in [0.25, 0.3) is 0 Å². The molecule has 104 valence electrons. The second-order valence-corrected chi connectivity index (χ2v) is 6.27. The van der Waals surface area contributed by atoms with Gasteiger partial charge in [-0.3, -0.25) is 4.79 Å². The quantitative estimate of drug-likeness (QED) is 0.892. The van der Waals surface area contributed by atoms with Crippen LogP contribution in [0.15, 0.2) is 28.7 Å². The van der Waals surface area contributed by atoms with Gasteiger partial charge in [0.2, 0.25) is 5.91 Å². The lowest BCUT2D eigenvalue weighted by atomic mass is 9.97. The summed E-state index contributed by atoms with van der Waals surface area (Å²) in [5.74, 6) is -0.0762. The number of halogens is 1. The molecule has 1 aliphatic carbocycles. The standard InChI is InChI=1S/C15H20BrNO2/c1-11(12-6-2-3-7-13(12)16)17-14(18)10-15(19)8-4-5-9-15/h2-3,6-7,11,19H,4-5,8-10H2,1H3,(H,17,18). The van der Waals surface area contributed by atoms with E-state index in [4.69, 9.17) is 0 Å². The van der Waals surface area contributed by atoms with Gasteiger partial charge in [0.1, 0.15) is 0 Å². The minimum Gasteiger partial charge on any atom is -0.389 e. The monoisotopic (exact) mass is 325 g/mol. The lowest BCUT2D eigenvalue weighted by Crippen LogP contribution is -2.35. The normalized spacial score (nSPS) is 19.1. The van der Waals surface area contributed by atoms with Gasteiger partial charge in [-0.25, -0.2) is 0 Å². The Bertz CT molecular complexity index is 455. The number of aliphatic hydroxyl groups is 1. The highest BCUT2D eigenvalue weighted by molar-refractivity contribution is 9.10. The van der Waals surface area contributed by atoms with E-state index in [0.717, 1.165) is 35.7 Å². The molecule has 0 aromatic heterocycles. The first-order chi connectivity index (χ1) is 9.00. The van der Waals surface area contributed by atoms with Crippen molar-refractivity contribution in [1.82, 2.24) is 5.32 Å². The second kappa shape index (κ2) is 6.06. The minimum absolute atomic E-state index is 0.0620. The summed E-state index contributed by atoms with van der Waals surface area (Å²) < 4.78 is 0.988. The number of carbonyl (C=O) groups excluding carboxylic acids is 1. The maximum absolute atomic E-state index is 12.0. The molecule has 1 aromatic rings. The summed E-state index contributed by atoms with van der Waals surface area (Å²) in [7, 11) is 0. The van der Waals surface area contributed by atoms with E-state index in [0.29, 0.717) is 0 Å². The van der Waals surface area contributed by atoms with E-state index in [2.05, 4.69) is 21.2 Å². The zero-order chi connectivity index (χ0) is 13.9. The predicted molar refractivity (Wildman–Crippen MR) is 78.7 cm³/mol. The van der Waals surface area contributed by atoms with E-state index < -0.39 is 5.60 Å². The number of amides is 1. The van der Waals surface area contributed by atoms with Crippen molar-refractivity contribution in [3.8, 4) is 0 Å². The van der Waals surface area contributed by atoms with Gasteiger partial charge in [-0.15, -0.1) is 0 Å². The van der Waals surface area contributed by atoms with Gasteiger partial charge in [0, 0.05) is 4.47 Å². The van der Waals surface area contributed by atoms with Crippen LogP contribution in [-0.4, -0.2) is 16.6 Å². The molecule has 1 aromatic carbocycles. The third-order valence-corrected chi connectivity index (χ3v) is 4.50. The zero-order valence-electron chi connectivity index (χ0n) is 11.2. The smallest absolute Gasteiger partial charge is 0.223 e.